The van der Waals surface area contributed by atoms with E-state index in [2.05, 4.69) is 31.9 Å². The van der Waals surface area contributed by atoms with E-state index in [1.807, 2.05) is 0 Å². The van der Waals surface area contributed by atoms with Gasteiger partial charge in [-0.15, -0.1) is 0 Å². The third kappa shape index (κ3) is 1.99. The van der Waals surface area contributed by atoms with E-state index in [0.717, 1.165) is 11.3 Å². The smallest absolute Gasteiger partial charge is 0.262 e. The monoisotopic (exact) mass is 440 g/mol. The molecule has 3 atom stereocenters. The number of alkyl halides is 2. The molecule has 3 aliphatic rings. The van der Waals surface area contributed by atoms with Gasteiger partial charge in [0.1, 0.15) is 9.28 Å². The van der Waals surface area contributed by atoms with E-state index in [9.17, 15) is 14.4 Å². The van der Waals surface area contributed by atoms with Gasteiger partial charge in [-0.3, -0.25) is 19.3 Å². The van der Waals surface area contributed by atoms with Crippen LogP contribution < -0.4 is 0 Å². The number of rotatable bonds is 1. The number of fused-ring (bicyclic) bond motifs is 2. The molecule has 0 bridgehead atoms. The lowest BCUT2D eigenvalue weighted by Gasteiger charge is -2.28. The quantitative estimate of drug-likeness (QED) is 0.496. The highest BCUT2D eigenvalue weighted by Gasteiger charge is 2.66. The van der Waals surface area contributed by atoms with Crippen molar-refractivity contribution in [1.29, 1.82) is 0 Å². The SMILES string of the molecule is CN1C(=O)[C@@H](N2C(=O)c3ccccc3C2=O)CCC2C1C2(Br)Br. The second kappa shape index (κ2) is 4.89. The molecule has 5 nitrogen and oxygen atoms in total. The molecule has 1 aliphatic carbocycles. The minimum Gasteiger partial charge on any atom is -0.338 e. The maximum absolute atomic E-state index is 12.8. The Labute approximate surface area is 150 Å². The molecule has 2 fully saturated rings. The van der Waals surface area contributed by atoms with Crippen molar-refractivity contribution in [2.75, 3.05) is 7.05 Å². The van der Waals surface area contributed by atoms with Gasteiger partial charge in [-0.1, -0.05) is 44.0 Å². The van der Waals surface area contributed by atoms with E-state index in [1.54, 1.807) is 36.2 Å². The maximum atomic E-state index is 12.8. The molecule has 0 N–H and O–H groups in total. The van der Waals surface area contributed by atoms with Gasteiger partial charge in [0, 0.05) is 13.0 Å². The fourth-order valence-corrected chi connectivity index (χ4v) is 5.76. The summed E-state index contributed by atoms with van der Waals surface area (Å²) in [6, 6.07) is 6.08. The zero-order valence-electron chi connectivity index (χ0n) is 12.3. The van der Waals surface area contributed by atoms with Crippen LogP contribution in [0.3, 0.4) is 0 Å². The lowest BCUT2D eigenvalue weighted by Crippen LogP contribution is -2.50. The molecule has 2 aliphatic heterocycles. The Balaban J connectivity index is 1.66. The van der Waals surface area contributed by atoms with Gasteiger partial charge in [0.05, 0.1) is 17.2 Å². The number of amides is 3. The fourth-order valence-electron chi connectivity index (χ4n) is 3.81. The minimum absolute atomic E-state index is 0.0511. The Bertz CT molecular complexity index is 714. The van der Waals surface area contributed by atoms with Gasteiger partial charge in [0.15, 0.2) is 0 Å². The molecule has 4 rings (SSSR count). The fraction of sp³-hybridized carbons (Fsp3) is 0.438. The molecule has 1 aromatic carbocycles. The molecule has 23 heavy (non-hydrogen) atoms. The van der Waals surface area contributed by atoms with Crippen molar-refractivity contribution in [3.05, 3.63) is 35.4 Å². The second-order valence-electron chi connectivity index (χ2n) is 6.29. The second-order valence-corrected chi connectivity index (χ2v) is 9.98. The van der Waals surface area contributed by atoms with Crippen molar-refractivity contribution < 1.29 is 14.4 Å². The van der Waals surface area contributed by atoms with Gasteiger partial charge in [-0.2, -0.15) is 0 Å². The summed E-state index contributed by atoms with van der Waals surface area (Å²) in [6.07, 6.45) is 1.27. The number of likely N-dealkylation sites (N-methyl/N-ethyl adjacent to an activating group) is 1. The average molecular weight is 442 g/mol. The summed E-state index contributed by atoms with van der Waals surface area (Å²) in [4.78, 5) is 40.9. The third-order valence-electron chi connectivity index (χ3n) is 5.10. The molecule has 0 radical (unpaired) electrons. The van der Waals surface area contributed by atoms with Crippen LogP contribution in [0.2, 0.25) is 0 Å². The molecule has 1 aromatic rings. The summed E-state index contributed by atoms with van der Waals surface area (Å²) in [5.41, 5.74) is 0.773. The normalized spacial score (nSPS) is 31.8. The summed E-state index contributed by atoms with van der Waals surface area (Å²) in [5, 5.41) is 0. The molecular weight excluding hydrogens is 428 g/mol. The number of hydrogen-bond acceptors (Lipinski definition) is 3. The minimum atomic E-state index is -0.712. The molecular formula is C16H14Br2N2O3. The zero-order chi connectivity index (χ0) is 16.5. The maximum Gasteiger partial charge on any atom is 0.262 e. The number of benzene rings is 1. The summed E-state index contributed by atoms with van der Waals surface area (Å²) in [6.45, 7) is 0. The van der Waals surface area contributed by atoms with Gasteiger partial charge in [0.2, 0.25) is 5.91 Å². The van der Waals surface area contributed by atoms with Crippen LogP contribution in [-0.2, 0) is 4.79 Å². The van der Waals surface area contributed by atoms with E-state index in [4.69, 9.17) is 0 Å². The molecule has 3 amide bonds. The molecule has 0 aromatic heterocycles. The first-order chi connectivity index (χ1) is 10.9. The molecule has 7 heteroatoms. The van der Waals surface area contributed by atoms with Crippen molar-refractivity contribution >= 4 is 49.6 Å². The van der Waals surface area contributed by atoms with Crippen molar-refractivity contribution in [3.8, 4) is 0 Å². The van der Waals surface area contributed by atoms with E-state index < -0.39 is 6.04 Å². The molecule has 1 saturated heterocycles. The highest BCUT2D eigenvalue weighted by molar-refractivity contribution is 9.25. The predicted molar refractivity (Wildman–Crippen MR) is 90.6 cm³/mol. The molecule has 1 saturated carbocycles. The molecule has 2 heterocycles. The van der Waals surface area contributed by atoms with Crippen LogP contribution in [0, 0.1) is 5.92 Å². The first kappa shape index (κ1) is 15.3. The van der Waals surface area contributed by atoms with E-state index in [1.165, 1.54) is 0 Å². The number of imide groups is 1. The Morgan fingerprint density at radius 1 is 1.04 bits per heavy atom. The highest BCUT2D eigenvalue weighted by atomic mass is 79.9. The van der Waals surface area contributed by atoms with Crippen LogP contribution >= 0.6 is 31.9 Å². The van der Waals surface area contributed by atoms with Crippen molar-refractivity contribution in [2.24, 2.45) is 5.92 Å². The number of likely N-dealkylation sites (tertiary alicyclic amines) is 1. The van der Waals surface area contributed by atoms with Crippen molar-refractivity contribution in [1.82, 2.24) is 9.80 Å². The Morgan fingerprint density at radius 3 is 2.17 bits per heavy atom. The number of halogens is 2. The highest BCUT2D eigenvalue weighted by Crippen LogP contribution is 2.62. The van der Waals surface area contributed by atoms with E-state index in [-0.39, 0.29) is 32.9 Å². The topological polar surface area (TPSA) is 57.7 Å². The summed E-state index contributed by atoms with van der Waals surface area (Å²) < 4.78 is -0.239. The standard InChI is InChI=1S/C16H14Br2N2O3/c1-19-12-10(16(12,17)18)6-7-11(15(19)23)20-13(21)8-4-2-3-5-9(8)14(20)22/h2-5,10-12H,6-7H2,1H3/t10?,11-,12?/m0/s1. The van der Waals surface area contributed by atoms with Crippen LogP contribution in [0.15, 0.2) is 24.3 Å². The Hall–Kier alpha value is -1.21. The third-order valence-corrected chi connectivity index (χ3v) is 7.21. The molecule has 120 valence electrons. The van der Waals surface area contributed by atoms with Gasteiger partial charge < -0.3 is 4.90 Å². The number of carbonyl (C=O) groups is 3. The van der Waals surface area contributed by atoms with Crippen LogP contribution in [-0.4, -0.2) is 49.9 Å². The number of nitrogens with zero attached hydrogens (tertiary/aromatic N) is 2. The van der Waals surface area contributed by atoms with E-state index in [0.29, 0.717) is 17.5 Å². The zero-order valence-corrected chi connectivity index (χ0v) is 15.5. The largest absolute Gasteiger partial charge is 0.338 e. The van der Waals surface area contributed by atoms with Crippen molar-refractivity contribution in [2.45, 2.75) is 28.2 Å². The van der Waals surface area contributed by atoms with Crippen LogP contribution in [0.25, 0.3) is 0 Å². The summed E-state index contributed by atoms with van der Waals surface area (Å²) >= 11 is 7.22. The summed E-state index contributed by atoms with van der Waals surface area (Å²) in [5.74, 6) is -0.613. The van der Waals surface area contributed by atoms with Crippen LogP contribution in [0.4, 0.5) is 0 Å². The summed E-state index contributed by atoms with van der Waals surface area (Å²) in [7, 11) is 1.74. The van der Waals surface area contributed by atoms with Crippen LogP contribution in [0.1, 0.15) is 33.6 Å². The molecule has 0 spiro atoms. The van der Waals surface area contributed by atoms with Gasteiger partial charge in [-0.25, -0.2) is 0 Å². The first-order valence-electron chi connectivity index (χ1n) is 7.47. The Morgan fingerprint density at radius 2 is 1.61 bits per heavy atom. The van der Waals surface area contributed by atoms with Crippen molar-refractivity contribution in [3.63, 3.8) is 0 Å². The average Bonchev–Trinajstić information content (AvgIpc) is 3.03. The molecule has 2 unspecified atom stereocenters. The van der Waals surface area contributed by atoms with Gasteiger partial charge >= 0.3 is 0 Å². The lowest BCUT2D eigenvalue weighted by molar-refractivity contribution is -0.134. The number of hydrogen-bond donors (Lipinski definition) is 0. The number of carbonyl (C=O) groups excluding carboxylic acids is 3. The first-order valence-corrected chi connectivity index (χ1v) is 9.05. The lowest BCUT2D eigenvalue weighted by atomic mass is 10.1. The van der Waals surface area contributed by atoms with Gasteiger partial charge in [-0.05, 0) is 25.0 Å². The Kier molecular flexibility index (Phi) is 3.26. The predicted octanol–water partition coefficient (Wildman–Crippen LogP) is 2.39. The van der Waals surface area contributed by atoms with Crippen LogP contribution in [0.5, 0.6) is 0 Å². The van der Waals surface area contributed by atoms with E-state index >= 15 is 0 Å². The van der Waals surface area contributed by atoms with Gasteiger partial charge in [0.25, 0.3) is 11.8 Å².